The van der Waals surface area contributed by atoms with Gasteiger partial charge in [0.15, 0.2) is 0 Å². The lowest BCUT2D eigenvalue weighted by Crippen LogP contribution is -2.23. The summed E-state index contributed by atoms with van der Waals surface area (Å²) in [4.78, 5) is 11.2. The van der Waals surface area contributed by atoms with Crippen LogP contribution in [0.2, 0.25) is 0 Å². The van der Waals surface area contributed by atoms with Gasteiger partial charge >= 0.3 is 5.97 Å². The Hall–Kier alpha value is -0.790. The summed E-state index contributed by atoms with van der Waals surface area (Å²) in [6.07, 6.45) is 1.05. The molecule has 0 saturated carbocycles. The van der Waals surface area contributed by atoms with Crippen LogP contribution < -0.4 is 0 Å². The van der Waals surface area contributed by atoms with Crippen LogP contribution in [0.3, 0.4) is 0 Å². The predicted octanol–water partition coefficient (Wildman–Crippen LogP) is 3.18. The van der Waals surface area contributed by atoms with Gasteiger partial charge in [-0.25, -0.2) is 4.79 Å². The average Bonchev–Trinajstić information content (AvgIpc) is 2.02. The summed E-state index contributed by atoms with van der Waals surface area (Å²) in [6, 6.07) is 0. The van der Waals surface area contributed by atoms with Crippen molar-refractivity contribution >= 4 is 5.97 Å². The third-order valence-corrected chi connectivity index (χ3v) is 2.29. The first-order valence-corrected chi connectivity index (χ1v) is 5.21. The van der Waals surface area contributed by atoms with E-state index in [1.54, 1.807) is 6.92 Å². The highest BCUT2D eigenvalue weighted by molar-refractivity contribution is 5.87. The van der Waals surface area contributed by atoms with E-state index < -0.39 is 0 Å². The second-order valence-electron chi connectivity index (χ2n) is 4.50. The van der Waals surface area contributed by atoms with E-state index in [-0.39, 0.29) is 12.1 Å². The van der Waals surface area contributed by atoms with Gasteiger partial charge in [-0.05, 0) is 32.1 Å². The van der Waals surface area contributed by atoms with E-state index in [1.165, 1.54) is 0 Å². The standard InChI is InChI=1S/C12H22O2/c1-8(2)7-10(5)11(6)14-12(13)9(3)4/h8,10-11H,3,7H2,1-2,4-6H3. The van der Waals surface area contributed by atoms with Gasteiger partial charge in [-0.3, -0.25) is 0 Å². The molecule has 0 spiro atoms. The first-order chi connectivity index (χ1) is 6.34. The Bertz CT molecular complexity index is 206. The average molecular weight is 198 g/mol. The maximum absolute atomic E-state index is 11.2. The number of rotatable bonds is 5. The van der Waals surface area contributed by atoms with E-state index in [4.69, 9.17) is 4.74 Å². The Morgan fingerprint density at radius 3 is 2.14 bits per heavy atom. The van der Waals surface area contributed by atoms with E-state index in [2.05, 4.69) is 27.4 Å². The van der Waals surface area contributed by atoms with E-state index in [0.717, 1.165) is 6.42 Å². The van der Waals surface area contributed by atoms with E-state index in [9.17, 15) is 4.79 Å². The Labute approximate surface area is 87.3 Å². The molecule has 0 fully saturated rings. The molecule has 0 aliphatic rings. The minimum atomic E-state index is -0.284. The number of esters is 1. The van der Waals surface area contributed by atoms with Gasteiger partial charge in [0.1, 0.15) is 6.10 Å². The third-order valence-electron chi connectivity index (χ3n) is 2.29. The molecule has 0 aromatic rings. The second kappa shape index (κ2) is 5.84. The van der Waals surface area contributed by atoms with Gasteiger partial charge in [0.05, 0.1) is 0 Å². The molecule has 0 aliphatic carbocycles. The van der Waals surface area contributed by atoms with Crippen molar-refractivity contribution in [3.05, 3.63) is 12.2 Å². The van der Waals surface area contributed by atoms with Crippen molar-refractivity contribution in [2.45, 2.75) is 47.1 Å². The van der Waals surface area contributed by atoms with Gasteiger partial charge in [-0.15, -0.1) is 0 Å². The summed E-state index contributed by atoms with van der Waals surface area (Å²) < 4.78 is 5.24. The zero-order valence-electron chi connectivity index (χ0n) is 9.96. The topological polar surface area (TPSA) is 26.3 Å². The number of ether oxygens (including phenoxy) is 1. The monoisotopic (exact) mass is 198 g/mol. The molecule has 0 bridgehead atoms. The predicted molar refractivity (Wildman–Crippen MR) is 59.0 cm³/mol. The lowest BCUT2D eigenvalue weighted by atomic mass is 9.95. The van der Waals surface area contributed by atoms with Crippen LogP contribution in [0.15, 0.2) is 12.2 Å². The van der Waals surface area contributed by atoms with Gasteiger partial charge < -0.3 is 4.74 Å². The quantitative estimate of drug-likeness (QED) is 0.501. The molecule has 0 heterocycles. The molecule has 2 heteroatoms. The van der Waals surface area contributed by atoms with E-state index in [0.29, 0.717) is 17.4 Å². The van der Waals surface area contributed by atoms with Crippen molar-refractivity contribution < 1.29 is 9.53 Å². The first-order valence-electron chi connectivity index (χ1n) is 5.21. The van der Waals surface area contributed by atoms with Crippen molar-refractivity contribution in [1.29, 1.82) is 0 Å². The number of carbonyl (C=O) groups is 1. The molecule has 0 amide bonds. The summed E-state index contributed by atoms with van der Waals surface area (Å²) in [7, 11) is 0. The van der Waals surface area contributed by atoms with Crippen LogP contribution in [-0.4, -0.2) is 12.1 Å². The van der Waals surface area contributed by atoms with Crippen LogP contribution in [0.5, 0.6) is 0 Å². The summed E-state index contributed by atoms with van der Waals surface area (Å²) in [5, 5.41) is 0. The molecule has 0 N–H and O–H groups in total. The fourth-order valence-corrected chi connectivity index (χ4v) is 1.32. The van der Waals surface area contributed by atoms with Gasteiger partial charge in [0.2, 0.25) is 0 Å². The Balaban J connectivity index is 4.00. The van der Waals surface area contributed by atoms with Gasteiger partial charge in [0.25, 0.3) is 0 Å². The fourth-order valence-electron chi connectivity index (χ4n) is 1.32. The lowest BCUT2D eigenvalue weighted by Gasteiger charge is -2.21. The maximum atomic E-state index is 11.2. The van der Waals surface area contributed by atoms with Crippen molar-refractivity contribution in [2.24, 2.45) is 11.8 Å². The summed E-state index contributed by atoms with van der Waals surface area (Å²) >= 11 is 0. The number of hydrogen-bond acceptors (Lipinski definition) is 2. The normalized spacial score (nSPS) is 15.0. The molecule has 0 saturated heterocycles. The largest absolute Gasteiger partial charge is 0.459 e. The molecule has 0 rings (SSSR count). The zero-order valence-corrected chi connectivity index (χ0v) is 9.96. The summed E-state index contributed by atoms with van der Waals surface area (Å²) in [5.41, 5.74) is 0.466. The minimum absolute atomic E-state index is 0.0263. The Kier molecular flexibility index (Phi) is 5.51. The Morgan fingerprint density at radius 1 is 1.29 bits per heavy atom. The summed E-state index contributed by atoms with van der Waals surface area (Å²) in [6.45, 7) is 13.6. The SMILES string of the molecule is C=C(C)C(=O)OC(C)C(C)CC(C)C. The van der Waals surface area contributed by atoms with Gasteiger partial charge in [-0.1, -0.05) is 27.4 Å². The summed E-state index contributed by atoms with van der Waals surface area (Å²) in [5.74, 6) is 0.752. The van der Waals surface area contributed by atoms with E-state index >= 15 is 0 Å². The van der Waals surface area contributed by atoms with Crippen molar-refractivity contribution in [3.63, 3.8) is 0 Å². The molecule has 2 unspecified atom stereocenters. The van der Waals surface area contributed by atoms with Gasteiger partial charge in [0, 0.05) is 5.57 Å². The molecule has 14 heavy (non-hydrogen) atoms. The van der Waals surface area contributed by atoms with Crippen molar-refractivity contribution in [2.75, 3.05) is 0 Å². The van der Waals surface area contributed by atoms with Crippen LogP contribution in [0.1, 0.15) is 41.0 Å². The van der Waals surface area contributed by atoms with Crippen LogP contribution in [0.25, 0.3) is 0 Å². The molecule has 82 valence electrons. The lowest BCUT2D eigenvalue weighted by molar-refractivity contribution is -0.145. The highest BCUT2D eigenvalue weighted by Crippen LogP contribution is 2.17. The maximum Gasteiger partial charge on any atom is 0.333 e. The van der Waals surface area contributed by atoms with E-state index in [1.807, 2.05) is 6.92 Å². The van der Waals surface area contributed by atoms with Crippen molar-refractivity contribution in [3.8, 4) is 0 Å². The third kappa shape index (κ3) is 5.05. The van der Waals surface area contributed by atoms with Crippen LogP contribution >= 0.6 is 0 Å². The minimum Gasteiger partial charge on any atom is -0.459 e. The molecule has 2 nitrogen and oxygen atoms in total. The molecule has 0 radical (unpaired) electrons. The molecule has 0 aromatic heterocycles. The molecular weight excluding hydrogens is 176 g/mol. The Morgan fingerprint density at radius 2 is 1.79 bits per heavy atom. The second-order valence-corrected chi connectivity index (χ2v) is 4.50. The molecule has 2 atom stereocenters. The molecule has 0 aliphatic heterocycles. The van der Waals surface area contributed by atoms with Crippen LogP contribution in [-0.2, 0) is 9.53 Å². The number of hydrogen-bond donors (Lipinski definition) is 0. The highest BCUT2D eigenvalue weighted by atomic mass is 16.5. The van der Waals surface area contributed by atoms with Crippen LogP contribution in [0.4, 0.5) is 0 Å². The first kappa shape index (κ1) is 13.2. The van der Waals surface area contributed by atoms with Crippen molar-refractivity contribution in [1.82, 2.24) is 0 Å². The molecule has 0 aromatic carbocycles. The fraction of sp³-hybridized carbons (Fsp3) is 0.750. The number of carbonyl (C=O) groups excluding carboxylic acids is 1. The van der Waals surface area contributed by atoms with Crippen LogP contribution in [0, 0.1) is 11.8 Å². The smallest absolute Gasteiger partial charge is 0.333 e. The highest BCUT2D eigenvalue weighted by Gasteiger charge is 2.17. The molecular formula is C12H22O2. The zero-order chi connectivity index (χ0) is 11.3. The van der Waals surface area contributed by atoms with Gasteiger partial charge in [-0.2, -0.15) is 0 Å².